The lowest BCUT2D eigenvalue weighted by atomic mass is 9.95. The first-order chi connectivity index (χ1) is 10.0. The summed E-state index contributed by atoms with van der Waals surface area (Å²) in [6.45, 7) is 1.98. The number of hydrogen-bond donors (Lipinski definition) is 2. The van der Waals surface area contributed by atoms with Gasteiger partial charge in [0.1, 0.15) is 0 Å². The van der Waals surface area contributed by atoms with Crippen molar-refractivity contribution in [2.75, 3.05) is 11.9 Å². The quantitative estimate of drug-likeness (QED) is 0.836. The molecule has 2 N–H and O–H groups in total. The number of aliphatic hydroxyl groups excluding tert-OH is 1. The molecule has 1 fully saturated rings. The molecule has 3 atom stereocenters. The number of ether oxygens (including phenoxy) is 1. The van der Waals surface area contributed by atoms with Crippen LogP contribution in [0.3, 0.4) is 0 Å². The van der Waals surface area contributed by atoms with Gasteiger partial charge in [-0.3, -0.25) is 9.59 Å². The summed E-state index contributed by atoms with van der Waals surface area (Å²) in [5.41, 5.74) is 0.605. The van der Waals surface area contributed by atoms with Crippen LogP contribution in [0.5, 0.6) is 0 Å². The molecule has 5 nitrogen and oxygen atoms in total. The van der Waals surface area contributed by atoms with E-state index in [0.717, 1.165) is 0 Å². The van der Waals surface area contributed by atoms with Crippen molar-refractivity contribution >= 4 is 29.2 Å². The fourth-order valence-electron chi connectivity index (χ4n) is 2.58. The molecule has 1 aromatic carbocycles. The Bertz CT molecular complexity index is 517. The van der Waals surface area contributed by atoms with E-state index < -0.39 is 23.9 Å². The summed E-state index contributed by atoms with van der Waals surface area (Å²) in [6.07, 6.45) is -0.124. The third kappa shape index (κ3) is 3.95. The normalized spacial score (nSPS) is 24.6. The van der Waals surface area contributed by atoms with Crippen LogP contribution in [0.25, 0.3) is 0 Å². The second kappa shape index (κ2) is 6.91. The molecule has 0 radical (unpaired) electrons. The molecule has 0 spiro atoms. The molecule has 0 aromatic heterocycles. The Morgan fingerprint density at radius 1 is 1.29 bits per heavy atom. The van der Waals surface area contributed by atoms with Crippen LogP contribution >= 0.6 is 11.6 Å². The minimum atomic E-state index is -0.652. The second-order valence-corrected chi connectivity index (χ2v) is 5.52. The Morgan fingerprint density at radius 2 is 1.90 bits per heavy atom. The smallest absolute Gasteiger partial charge is 0.309 e. The number of anilines is 1. The van der Waals surface area contributed by atoms with E-state index in [9.17, 15) is 14.7 Å². The van der Waals surface area contributed by atoms with Crippen molar-refractivity contribution in [3.63, 3.8) is 0 Å². The van der Waals surface area contributed by atoms with Gasteiger partial charge >= 0.3 is 5.97 Å². The van der Waals surface area contributed by atoms with Crippen LogP contribution in [0.15, 0.2) is 24.3 Å². The van der Waals surface area contributed by atoms with Crippen LogP contribution in [-0.4, -0.2) is 29.7 Å². The molecular formula is C15H18ClNO4. The summed E-state index contributed by atoms with van der Waals surface area (Å²) in [6, 6.07) is 6.71. The van der Waals surface area contributed by atoms with E-state index in [-0.39, 0.29) is 25.4 Å². The molecule has 0 bridgehead atoms. The summed E-state index contributed by atoms with van der Waals surface area (Å²) in [5.74, 6) is -1.88. The van der Waals surface area contributed by atoms with Gasteiger partial charge < -0.3 is 15.2 Å². The first kappa shape index (κ1) is 15.8. The van der Waals surface area contributed by atoms with Crippen molar-refractivity contribution < 1.29 is 19.4 Å². The third-order valence-electron chi connectivity index (χ3n) is 3.58. The number of hydrogen-bond acceptors (Lipinski definition) is 4. The zero-order chi connectivity index (χ0) is 15.4. The van der Waals surface area contributed by atoms with E-state index in [2.05, 4.69) is 5.32 Å². The Balaban J connectivity index is 2.05. The maximum Gasteiger partial charge on any atom is 0.309 e. The lowest BCUT2D eigenvalue weighted by Gasteiger charge is -2.17. The van der Waals surface area contributed by atoms with E-state index in [4.69, 9.17) is 16.3 Å². The van der Waals surface area contributed by atoms with E-state index in [1.165, 1.54) is 0 Å². The lowest BCUT2D eigenvalue weighted by Crippen LogP contribution is -2.31. The SMILES string of the molecule is CCOC(=O)[C@H]1C[C@@H](O)C[C@@H]1C(=O)Nc1ccc(Cl)cc1. The molecule has 2 rings (SSSR count). The van der Waals surface area contributed by atoms with Crippen molar-refractivity contribution in [2.24, 2.45) is 11.8 Å². The zero-order valence-corrected chi connectivity index (χ0v) is 12.5. The van der Waals surface area contributed by atoms with Crippen molar-refractivity contribution in [1.82, 2.24) is 0 Å². The summed E-state index contributed by atoms with van der Waals surface area (Å²) < 4.78 is 4.97. The average Bonchev–Trinajstić information content (AvgIpc) is 2.84. The van der Waals surface area contributed by atoms with Crippen LogP contribution in [0, 0.1) is 11.8 Å². The summed E-state index contributed by atoms with van der Waals surface area (Å²) in [7, 11) is 0. The minimum Gasteiger partial charge on any atom is -0.466 e. The molecule has 0 unspecified atom stereocenters. The maximum absolute atomic E-state index is 12.3. The molecule has 1 amide bonds. The topological polar surface area (TPSA) is 75.6 Å². The molecular weight excluding hydrogens is 294 g/mol. The average molecular weight is 312 g/mol. The van der Waals surface area contributed by atoms with E-state index in [1.54, 1.807) is 31.2 Å². The number of nitrogens with one attached hydrogen (secondary N) is 1. The van der Waals surface area contributed by atoms with Gasteiger partial charge in [-0.1, -0.05) is 11.6 Å². The van der Waals surface area contributed by atoms with E-state index in [0.29, 0.717) is 10.7 Å². The number of carbonyl (C=O) groups excluding carboxylic acids is 2. The number of amides is 1. The van der Waals surface area contributed by atoms with Gasteiger partial charge in [-0.25, -0.2) is 0 Å². The molecule has 21 heavy (non-hydrogen) atoms. The number of carbonyl (C=O) groups is 2. The van der Waals surface area contributed by atoms with E-state index in [1.807, 2.05) is 0 Å². The largest absolute Gasteiger partial charge is 0.466 e. The fourth-order valence-corrected chi connectivity index (χ4v) is 2.70. The molecule has 0 aliphatic heterocycles. The molecule has 1 aliphatic carbocycles. The van der Waals surface area contributed by atoms with Gasteiger partial charge in [-0.05, 0) is 44.0 Å². The number of benzene rings is 1. The highest BCUT2D eigenvalue weighted by Gasteiger charge is 2.43. The van der Waals surface area contributed by atoms with Crippen LogP contribution in [0.4, 0.5) is 5.69 Å². The minimum absolute atomic E-state index is 0.261. The predicted molar refractivity (Wildman–Crippen MR) is 78.9 cm³/mol. The van der Waals surface area contributed by atoms with Gasteiger partial charge in [0, 0.05) is 10.7 Å². The number of esters is 1. The summed E-state index contributed by atoms with van der Waals surface area (Å²) in [5, 5.41) is 13.1. The summed E-state index contributed by atoms with van der Waals surface area (Å²) in [4.78, 5) is 24.2. The molecule has 114 valence electrons. The Labute approximate surface area is 128 Å². The zero-order valence-electron chi connectivity index (χ0n) is 11.7. The van der Waals surface area contributed by atoms with Crippen molar-refractivity contribution in [1.29, 1.82) is 0 Å². The molecule has 6 heteroatoms. The van der Waals surface area contributed by atoms with Crippen molar-refractivity contribution in [3.05, 3.63) is 29.3 Å². The van der Waals surface area contributed by atoms with Gasteiger partial charge in [0.15, 0.2) is 0 Å². The monoisotopic (exact) mass is 311 g/mol. The number of aliphatic hydroxyl groups is 1. The fraction of sp³-hybridized carbons (Fsp3) is 0.467. The van der Waals surface area contributed by atoms with Gasteiger partial charge in [-0.2, -0.15) is 0 Å². The van der Waals surface area contributed by atoms with Crippen LogP contribution in [0.1, 0.15) is 19.8 Å². The Morgan fingerprint density at radius 3 is 2.52 bits per heavy atom. The first-order valence-corrected chi connectivity index (χ1v) is 7.30. The first-order valence-electron chi connectivity index (χ1n) is 6.92. The van der Waals surface area contributed by atoms with Gasteiger partial charge in [0.2, 0.25) is 5.91 Å². The Hall–Kier alpha value is -1.59. The van der Waals surface area contributed by atoms with Crippen LogP contribution < -0.4 is 5.32 Å². The second-order valence-electron chi connectivity index (χ2n) is 5.09. The Kier molecular flexibility index (Phi) is 5.20. The van der Waals surface area contributed by atoms with E-state index >= 15 is 0 Å². The number of rotatable bonds is 4. The highest BCUT2D eigenvalue weighted by molar-refractivity contribution is 6.30. The van der Waals surface area contributed by atoms with Crippen molar-refractivity contribution in [2.45, 2.75) is 25.9 Å². The highest BCUT2D eigenvalue weighted by Crippen LogP contribution is 2.34. The highest BCUT2D eigenvalue weighted by atomic mass is 35.5. The summed E-state index contributed by atoms with van der Waals surface area (Å²) >= 11 is 5.79. The van der Waals surface area contributed by atoms with Gasteiger partial charge in [0.05, 0.1) is 24.5 Å². The number of halogens is 1. The molecule has 1 saturated carbocycles. The van der Waals surface area contributed by atoms with Crippen molar-refractivity contribution in [3.8, 4) is 0 Å². The maximum atomic E-state index is 12.3. The van der Waals surface area contributed by atoms with Gasteiger partial charge in [0.25, 0.3) is 0 Å². The molecule has 0 heterocycles. The predicted octanol–water partition coefficient (Wildman–Crippen LogP) is 2.23. The van der Waals surface area contributed by atoms with Crippen LogP contribution in [0.2, 0.25) is 5.02 Å². The molecule has 1 aliphatic rings. The molecule has 1 aromatic rings. The molecule has 0 saturated heterocycles. The van der Waals surface area contributed by atoms with Gasteiger partial charge in [-0.15, -0.1) is 0 Å². The standard InChI is InChI=1S/C15H18ClNO4/c1-2-21-15(20)13-8-11(18)7-12(13)14(19)17-10-5-3-9(16)4-6-10/h3-6,11-13,18H,2,7-8H2,1H3,(H,17,19)/t11-,12-,13-/m0/s1. The van der Waals surface area contributed by atoms with Crippen LogP contribution in [-0.2, 0) is 14.3 Å². The lowest BCUT2D eigenvalue weighted by molar-refractivity contribution is -0.151. The third-order valence-corrected chi connectivity index (χ3v) is 3.83.